The van der Waals surface area contributed by atoms with Crippen molar-refractivity contribution >= 4 is 34.7 Å². The number of ketones is 4. The first-order chi connectivity index (χ1) is 18.4. The highest BCUT2D eigenvalue weighted by molar-refractivity contribution is 6.39. The molecule has 0 bridgehead atoms. The largest absolute Gasteiger partial charge is 0.289 e. The molecule has 2 aliphatic carbocycles. The summed E-state index contributed by atoms with van der Waals surface area (Å²) in [5.74, 6) is -0.392. The van der Waals surface area contributed by atoms with E-state index in [1.165, 1.54) is 12.8 Å². The number of rotatable bonds is 4. The van der Waals surface area contributed by atoms with Gasteiger partial charge in [-0.1, -0.05) is 104 Å². The second-order valence-electron chi connectivity index (χ2n) is 9.41. The van der Waals surface area contributed by atoms with Gasteiger partial charge >= 0.3 is 0 Å². The van der Waals surface area contributed by atoms with E-state index in [1.807, 2.05) is 18.2 Å². The Hall–Kier alpha value is -4.15. The molecule has 0 unspecified atom stereocenters. The van der Waals surface area contributed by atoms with Crippen molar-refractivity contribution in [3.8, 4) is 0 Å². The van der Waals surface area contributed by atoms with E-state index in [0.717, 1.165) is 18.4 Å². The molecule has 0 N–H and O–H groups in total. The minimum atomic E-state index is -0.180. The van der Waals surface area contributed by atoms with Gasteiger partial charge in [-0.3, -0.25) is 19.2 Å². The Morgan fingerprint density at radius 3 is 1.63 bits per heavy atom. The SMILES string of the molecule is CCCCCc1ccc2c(c1)C(=O)c1ccccc1C2=O.O=C1c2ccccc2C(=O)c2c(Cl)cccc21. The molecular weight excluding hydrogens is 496 g/mol. The van der Waals surface area contributed by atoms with E-state index in [-0.39, 0.29) is 23.1 Å². The molecule has 188 valence electrons. The Morgan fingerprint density at radius 1 is 0.526 bits per heavy atom. The third kappa shape index (κ3) is 4.52. The van der Waals surface area contributed by atoms with Gasteiger partial charge in [0.25, 0.3) is 0 Å². The maximum absolute atomic E-state index is 12.6. The maximum atomic E-state index is 12.6. The van der Waals surface area contributed by atoms with Crippen molar-refractivity contribution in [2.75, 3.05) is 0 Å². The molecular formula is C33H25ClO4. The number of fused-ring (bicyclic) bond motifs is 4. The van der Waals surface area contributed by atoms with Gasteiger partial charge in [0, 0.05) is 38.9 Å². The lowest BCUT2D eigenvalue weighted by molar-refractivity contribution is 0.0979. The first-order valence-electron chi connectivity index (χ1n) is 12.7. The number of carbonyl (C=O) groups excluding carboxylic acids is 4. The molecule has 0 aromatic heterocycles. The van der Waals surface area contributed by atoms with Gasteiger partial charge in [0.2, 0.25) is 0 Å². The zero-order valence-electron chi connectivity index (χ0n) is 20.9. The zero-order chi connectivity index (χ0) is 26.8. The quantitative estimate of drug-likeness (QED) is 0.228. The topological polar surface area (TPSA) is 68.3 Å². The number of halogens is 1. The van der Waals surface area contributed by atoms with Crippen molar-refractivity contribution in [3.63, 3.8) is 0 Å². The molecule has 0 heterocycles. The number of unbranched alkanes of at least 4 members (excludes halogenated alkanes) is 2. The molecule has 4 aromatic carbocycles. The smallest absolute Gasteiger partial charge is 0.196 e. The fraction of sp³-hybridized carbons (Fsp3) is 0.152. The normalized spacial score (nSPS) is 13.1. The van der Waals surface area contributed by atoms with Crippen molar-refractivity contribution in [1.29, 1.82) is 0 Å². The molecule has 0 saturated carbocycles. The standard InChI is InChI=1S/C19H18O2.C14H7ClO2/c1-2-3-4-7-13-10-11-16-17(12-13)19(21)15-9-6-5-8-14(15)18(16)20;15-11-7-3-6-10-12(11)14(17)9-5-2-1-4-8(9)13(10)16/h5-6,8-12H,2-4,7H2,1H3;1-7H. The number of benzene rings is 4. The summed E-state index contributed by atoms with van der Waals surface area (Å²) in [5.41, 5.74) is 4.88. The van der Waals surface area contributed by atoms with E-state index in [2.05, 4.69) is 6.92 Å². The van der Waals surface area contributed by atoms with Crippen LogP contribution < -0.4 is 0 Å². The Balaban J connectivity index is 0.000000158. The van der Waals surface area contributed by atoms with Gasteiger partial charge in [0.15, 0.2) is 23.1 Å². The van der Waals surface area contributed by atoms with Crippen LogP contribution in [0.25, 0.3) is 0 Å². The van der Waals surface area contributed by atoms with Crippen LogP contribution in [0.3, 0.4) is 0 Å². The summed E-state index contributed by atoms with van der Waals surface area (Å²) in [7, 11) is 0. The molecule has 0 amide bonds. The van der Waals surface area contributed by atoms with Crippen molar-refractivity contribution in [1.82, 2.24) is 0 Å². The summed E-state index contributed by atoms with van der Waals surface area (Å²) in [4.78, 5) is 49.5. The second kappa shape index (κ2) is 10.7. The predicted molar refractivity (Wildman–Crippen MR) is 148 cm³/mol. The predicted octanol–water partition coefficient (Wildman–Crippen LogP) is 7.31. The Kier molecular flexibility index (Phi) is 7.17. The van der Waals surface area contributed by atoms with E-state index in [1.54, 1.807) is 66.7 Å². The van der Waals surface area contributed by atoms with Crippen molar-refractivity contribution in [2.45, 2.75) is 32.6 Å². The first-order valence-corrected chi connectivity index (χ1v) is 13.1. The first kappa shape index (κ1) is 25.5. The van der Waals surface area contributed by atoms with Gasteiger partial charge in [-0.2, -0.15) is 0 Å². The number of carbonyl (C=O) groups is 4. The van der Waals surface area contributed by atoms with Gasteiger partial charge in [-0.15, -0.1) is 0 Å². The van der Waals surface area contributed by atoms with E-state index in [4.69, 9.17) is 11.6 Å². The summed E-state index contributed by atoms with van der Waals surface area (Å²) >= 11 is 6.00. The molecule has 2 aliphatic rings. The van der Waals surface area contributed by atoms with Gasteiger partial charge in [-0.25, -0.2) is 0 Å². The fourth-order valence-corrected chi connectivity index (χ4v) is 5.24. The third-order valence-corrected chi connectivity index (χ3v) is 7.28. The Bertz CT molecular complexity index is 1620. The lowest BCUT2D eigenvalue weighted by Gasteiger charge is -2.18. The molecule has 0 radical (unpaired) electrons. The maximum Gasteiger partial charge on any atom is 0.196 e. The summed E-state index contributed by atoms with van der Waals surface area (Å²) in [6, 6.07) is 24.5. The summed E-state index contributed by atoms with van der Waals surface area (Å²) in [6.07, 6.45) is 4.45. The molecule has 0 fully saturated rings. The fourth-order valence-electron chi connectivity index (χ4n) is 4.98. The molecule has 6 rings (SSSR count). The molecule has 38 heavy (non-hydrogen) atoms. The van der Waals surface area contributed by atoms with Crippen molar-refractivity contribution in [3.05, 3.63) is 140 Å². The minimum absolute atomic E-state index is 0.0301. The van der Waals surface area contributed by atoms with E-state index in [0.29, 0.717) is 49.5 Å². The van der Waals surface area contributed by atoms with Gasteiger partial charge in [0.1, 0.15) is 0 Å². The highest BCUT2D eigenvalue weighted by atomic mass is 35.5. The molecule has 5 heteroatoms. The van der Waals surface area contributed by atoms with Crippen LogP contribution in [0.2, 0.25) is 5.02 Å². The van der Waals surface area contributed by atoms with E-state index < -0.39 is 0 Å². The van der Waals surface area contributed by atoms with E-state index >= 15 is 0 Å². The lowest BCUT2D eigenvalue weighted by atomic mass is 9.83. The highest BCUT2D eigenvalue weighted by Gasteiger charge is 2.31. The minimum Gasteiger partial charge on any atom is -0.289 e. The van der Waals surface area contributed by atoms with Crippen LogP contribution in [0.1, 0.15) is 95.4 Å². The lowest BCUT2D eigenvalue weighted by Crippen LogP contribution is -2.21. The summed E-state index contributed by atoms with van der Waals surface area (Å²) in [6.45, 7) is 2.17. The molecule has 0 spiro atoms. The van der Waals surface area contributed by atoms with Gasteiger partial charge in [0.05, 0.1) is 10.6 Å². The summed E-state index contributed by atoms with van der Waals surface area (Å²) < 4.78 is 0. The van der Waals surface area contributed by atoms with Crippen LogP contribution in [0.5, 0.6) is 0 Å². The van der Waals surface area contributed by atoms with Crippen molar-refractivity contribution < 1.29 is 19.2 Å². The van der Waals surface area contributed by atoms with E-state index in [9.17, 15) is 19.2 Å². The monoisotopic (exact) mass is 520 g/mol. The number of hydrogen-bond donors (Lipinski definition) is 0. The van der Waals surface area contributed by atoms with Crippen LogP contribution >= 0.6 is 11.6 Å². The summed E-state index contributed by atoms with van der Waals surface area (Å²) in [5, 5.41) is 0.329. The number of hydrogen-bond acceptors (Lipinski definition) is 4. The molecule has 0 aliphatic heterocycles. The van der Waals surface area contributed by atoms with Gasteiger partial charge in [-0.05, 0) is 30.5 Å². The van der Waals surface area contributed by atoms with Crippen LogP contribution in [0, 0.1) is 0 Å². The molecule has 0 saturated heterocycles. The van der Waals surface area contributed by atoms with Crippen LogP contribution in [0.4, 0.5) is 0 Å². The van der Waals surface area contributed by atoms with Crippen LogP contribution in [-0.2, 0) is 6.42 Å². The zero-order valence-corrected chi connectivity index (χ0v) is 21.7. The Labute approximate surface area is 226 Å². The Morgan fingerprint density at radius 2 is 1.03 bits per heavy atom. The highest BCUT2D eigenvalue weighted by Crippen LogP contribution is 2.31. The number of aryl methyl sites for hydroxylation is 1. The molecule has 4 nitrogen and oxygen atoms in total. The molecule has 4 aromatic rings. The van der Waals surface area contributed by atoms with Crippen LogP contribution in [0.15, 0.2) is 84.9 Å². The van der Waals surface area contributed by atoms with Crippen molar-refractivity contribution in [2.24, 2.45) is 0 Å². The third-order valence-electron chi connectivity index (χ3n) is 6.96. The van der Waals surface area contributed by atoms with Crippen LogP contribution in [-0.4, -0.2) is 23.1 Å². The second-order valence-corrected chi connectivity index (χ2v) is 9.81. The van der Waals surface area contributed by atoms with Gasteiger partial charge < -0.3 is 0 Å². The average molecular weight is 521 g/mol. The average Bonchev–Trinajstić information content (AvgIpc) is 2.95. The molecule has 0 atom stereocenters.